The summed E-state index contributed by atoms with van der Waals surface area (Å²) in [6, 6.07) is 4.55. The summed E-state index contributed by atoms with van der Waals surface area (Å²) in [6.07, 6.45) is -0.813. The molecule has 0 radical (unpaired) electrons. The van der Waals surface area contributed by atoms with Crippen LogP contribution in [0.15, 0.2) is 18.2 Å². The lowest BCUT2D eigenvalue weighted by molar-refractivity contribution is -0.125. The lowest BCUT2D eigenvalue weighted by Gasteiger charge is -2.20. The zero-order valence-electron chi connectivity index (χ0n) is 13.8. The molecule has 0 unspecified atom stereocenters. The van der Waals surface area contributed by atoms with Crippen LogP contribution in [-0.4, -0.2) is 68.3 Å². The van der Waals surface area contributed by atoms with Gasteiger partial charge in [0.2, 0.25) is 5.91 Å². The SMILES string of the molecule is CN1CN(c2ccc(N3C[C@H](CNCC=S)OC3=O)cc2F)CC1=O. The Morgan fingerprint density at radius 3 is 2.88 bits per heavy atom. The Morgan fingerprint density at radius 2 is 2.24 bits per heavy atom. The van der Waals surface area contributed by atoms with Gasteiger partial charge in [0.1, 0.15) is 11.9 Å². The number of nitrogens with zero attached hydrogens (tertiary/aromatic N) is 3. The first-order chi connectivity index (χ1) is 12.0. The molecule has 1 aromatic carbocycles. The Morgan fingerprint density at radius 1 is 1.44 bits per heavy atom. The second-order valence-corrected chi connectivity index (χ2v) is 6.34. The largest absolute Gasteiger partial charge is 0.443 e. The molecule has 134 valence electrons. The number of carbonyl (C=O) groups excluding carboxylic acids is 2. The summed E-state index contributed by atoms with van der Waals surface area (Å²) in [5.74, 6) is -0.533. The molecule has 2 saturated heterocycles. The van der Waals surface area contributed by atoms with Crippen molar-refractivity contribution in [1.82, 2.24) is 10.2 Å². The number of carbonyl (C=O) groups is 2. The first-order valence-corrected chi connectivity index (χ1v) is 8.37. The molecule has 0 saturated carbocycles. The number of amides is 2. The molecule has 3 rings (SSSR count). The van der Waals surface area contributed by atoms with Crippen LogP contribution in [0, 0.1) is 5.82 Å². The summed E-state index contributed by atoms with van der Waals surface area (Å²) in [5, 5.41) is 4.61. The van der Waals surface area contributed by atoms with E-state index in [1.807, 2.05) is 0 Å². The van der Waals surface area contributed by atoms with E-state index in [9.17, 15) is 14.0 Å². The third kappa shape index (κ3) is 3.72. The fourth-order valence-corrected chi connectivity index (χ4v) is 3.01. The highest BCUT2D eigenvalue weighted by molar-refractivity contribution is 7.79. The van der Waals surface area contributed by atoms with Gasteiger partial charge in [0.25, 0.3) is 0 Å². The number of hydrogen-bond acceptors (Lipinski definition) is 6. The maximum absolute atomic E-state index is 14.5. The maximum Gasteiger partial charge on any atom is 0.414 e. The van der Waals surface area contributed by atoms with Gasteiger partial charge >= 0.3 is 6.09 Å². The van der Waals surface area contributed by atoms with E-state index in [1.54, 1.807) is 29.4 Å². The van der Waals surface area contributed by atoms with Gasteiger partial charge in [0.15, 0.2) is 0 Å². The average Bonchev–Trinajstić information content (AvgIpc) is 3.10. The number of likely N-dealkylation sites (N-methyl/N-ethyl adjacent to an activating group) is 1. The molecule has 1 aromatic rings. The number of halogens is 1. The van der Waals surface area contributed by atoms with E-state index in [4.69, 9.17) is 17.0 Å². The van der Waals surface area contributed by atoms with Crippen LogP contribution in [0.5, 0.6) is 0 Å². The van der Waals surface area contributed by atoms with Gasteiger partial charge in [0.05, 0.1) is 31.1 Å². The number of hydrogen-bond donors (Lipinski definition) is 1. The normalized spacial score (nSPS) is 20.4. The van der Waals surface area contributed by atoms with Crippen molar-refractivity contribution in [1.29, 1.82) is 0 Å². The third-order valence-electron chi connectivity index (χ3n) is 4.19. The summed E-state index contributed by atoms with van der Waals surface area (Å²) in [4.78, 5) is 28.2. The van der Waals surface area contributed by atoms with Crippen molar-refractivity contribution >= 4 is 41.0 Å². The van der Waals surface area contributed by atoms with Gasteiger partial charge < -0.3 is 19.9 Å². The fraction of sp³-hybridized carbons (Fsp3) is 0.438. The first kappa shape index (κ1) is 17.6. The number of ether oxygens (including phenoxy) is 1. The molecule has 7 nitrogen and oxygen atoms in total. The molecule has 9 heteroatoms. The predicted octanol–water partition coefficient (Wildman–Crippen LogP) is 0.976. The number of cyclic esters (lactones) is 1. The van der Waals surface area contributed by atoms with Crippen LogP contribution in [0.25, 0.3) is 0 Å². The lowest BCUT2D eigenvalue weighted by Crippen LogP contribution is -2.31. The maximum atomic E-state index is 14.5. The highest BCUT2D eigenvalue weighted by atomic mass is 32.1. The zero-order chi connectivity index (χ0) is 18.0. The van der Waals surface area contributed by atoms with Gasteiger partial charge in [-0.1, -0.05) is 12.2 Å². The highest BCUT2D eigenvalue weighted by Gasteiger charge is 2.33. The van der Waals surface area contributed by atoms with Crippen LogP contribution >= 0.6 is 12.2 Å². The van der Waals surface area contributed by atoms with Gasteiger partial charge in [-0.3, -0.25) is 9.69 Å². The summed E-state index contributed by atoms with van der Waals surface area (Å²) >= 11 is 4.73. The van der Waals surface area contributed by atoms with Crippen LogP contribution in [0.1, 0.15) is 0 Å². The number of benzene rings is 1. The minimum Gasteiger partial charge on any atom is -0.443 e. The molecule has 2 heterocycles. The van der Waals surface area contributed by atoms with E-state index in [2.05, 4.69) is 5.32 Å². The van der Waals surface area contributed by atoms with E-state index >= 15 is 0 Å². The van der Waals surface area contributed by atoms with Crippen LogP contribution in [0.4, 0.5) is 20.6 Å². The Kier molecular flexibility index (Phi) is 5.14. The second kappa shape index (κ2) is 7.32. The molecular formula is C16H19FN4O3S. The van der Waals surface area contributed by atoms with E-state index < -0.39 is 11.9 Å². The molecule has 25 heavy (non-hydrogen) atoms. The van der Waals surface area contributed by atoms with E-state index in [1.165, 1.54) is 15.9 Å². The predicted molar refractivity (Wildman–Crippen MR) is 95.5 cm³/mol. The molecule has 0 spiro atoms. The first-order valence-electron chi connectivity index (χ1n) is 7.90. The standard InChI is InChI=1S/C16H19FN4O3S/c1-19-10-20(9-15(19)22)14-3-2-11(6-13(14)17)21-8-12(24-16(21)23)7-18-4-5-25/h2-3,5-6,12,18H,4,7-10H2,1H3/t12-/m0/s1. The Labute approximate surface area is 150 Å². The van der Waals surface area contributed by atoms with Crippen molar-refractivity contribution in [2.24, 2.45) is 0 Å². The minimum atomic E-state index is -0.502. The van der Waals surface area contributed by atoms with Crippen molar-refractivity contribution in [3.8, 4) is 0 Å². The third-order valence-corrected chi connectivity index (χ3v) is 4.36. The molecule has 0 aliphatic carbocycles. The fourth-order valence-electron chi connectivity index (χ4n) is 2.89. The van der Waals surface area contributed by atoms with E-state index in [-0.39, 0.29) is 18.6 Å². The number of rotatable bonds is 6. The lowest BCUT2D eigenvalue weighted by atomic mass is 10.2. The van der Waals surface area contributed by atoms with Gasteiger partial charge in [-0.05, 0) is 23.6 Å². The van der Waals surface area contributed by atoms with Gasteiger partial charge in [0, 0.05) is 20.1 Å². The van der Waals surface area contributed by atoms with E-state index in [0.29, 0.717) is 37.7 Å². The van der Waals surface area contributed by atoms with Crippen molar-refractivity contribution in [2.75, 3.05) is 49.7 Å². The van der Waals surface area contributed by atoms with E-state index in [0.717, 1.165) is 0 Å². The number of anilines is 2. The van der Waals surface area contributed by atoms with Gasteiger partial charge in [-0.25, -0.2) is 9.18 Å². The number of nitrogens with one attached hydrogen (secondary N) is 1. The summed E-state index contributed by atoms with van der Waals surface area (Å²) in [5.41, 5.74) is 0.774. The van der Waals surface area contributed by atoms with Gasteiger partial charge in [-0.15, -0.1) is 0 Å². The molecule has 0 aromatic heterocycles. The van der Waals surface area contributed by atoms with Crippen molar-refractivity contribution in [2.45, 2.75) is 6.10 Å². The second-order valence-electron chi connectivity index (χ2n) is 6.01. The van der Waals surface area contributed by atoms with Crippen molar-refractivity contribution < 1.29 is 18.7 Å². The molecule has 0 bridgehead atoms. The van der Waals surface area contributed by atoms with Crippen LogP contribution < -0.4 is 15.1 Å². The number of thiocarbonyl (C=S) groups is 1. The summed E-state index contributed by atoms with van der Waals surface area (Å²) < 4.78 is 19.8. The molecule has 2 fully saturated rings. The van der Waals surface area contributed by atoms with Gasteiger partial charge in [-0.2, -0.15) is 0 Å². The van der Waals surface area contributed by atoms with Crippen LogP contribution in [0.3, 0.4) is 0 Å². The van der Waals surface area contributed by atoms with Crippen LogP contribution in [0.2, 0.25) is 0 Å². The highest BCUT2D eigenvalue weighted by Crippen LogP contribution is 2.29. The smallest absolute Gasteiger partial charge is 0.414 e. The molecule has 2 aliphatic heterocycles. The monoisotopic (exact) mass is 366 g/mol. The summed E-state index contributed by atoms with van der Waals surface area (Å²) in [6.45, 7) is 1.86. The Bertz CT molecular complexity index is 702. The molecule has 1 N–H and O–H groups in total. The Hall–Kier alpha value is -2.26. The van der Waals surface area contributed by atoms with Crippen molar-refractivity contribution in [3.05, 3.63) is 24.0 Å². The Balaban J connectivity index is 1.69. The molecule has 1 atom stereocenters. The minimum absolute atomic E-state index is 0.0572. The summed E-state index contributed by atoms with van der Waals surface area (Å²) in [7, 11) is 1.67. The molecular weight excluding hydrogens is 347 g/mol. The van der Waals surface area contributed by atoms with Crippen LogP contribution in [-0.2, 0) is 9.53 Å². The van der Waals surface area contributed by atoms with Crippen molar-refractivity contribution in [3.63, 3.8) is 0 Å². The molecule has 2 amide bonds. The quantitative estimate of drug-likeness (QED) is 0.598. The average molecular weight is 366 g/mol. The topological polar surface area (TPSA) is 65.1 Å². The molecule has 2 aliphatic rings. The zero-order valence-corrected chi connectivity index (χ0v) is 14.6.